The summed E-state index contributed by atoms with van der Waals surface area (Å²) < 4.78 is 23.6. The first-order valence-corrected chi connectivity index (χ1v) is 9.31. The number of methoxy groups -OCH3 is 1. The predicted octanol–water partition coefficient (Wildman–Crippen LogP) is 2.61. The van der Waals surface area contributed by atoms with Crippen LogP contribution in [0, 0.1) is 19.7 Å². The Labute approximate surface area is 170 Å². The van der Waals surface area contributed by atoms with Crippen LogP contribution in [0.5, 0.6) is 0 Å². The fraction of sp³-hybridized carbons (Fsp3) is 0.429. The number of carbonyl (C=O) groups excluding carboxylic acids is 2. The highest BCUT2D eigenvalue weighted by Gasteiger charge is 2.24. The van der Waals surface area contributed by atoms with Gasteiger partial charge in [-0.1, -0.05) is 12.1 Å². The Morgan fingerprint density at radius 1 is 1.24 bits per heavy atom. The monoisotopic (exact) mass is 405 g/mol. The van der Waals surface area contributed by atoms with Gasteiger partial charge < -0.3 is 24.7 Å². The van der Waals surface area contributed by atoms with Gasteiger partial charge in [0.2, 0.25) is 0 Å². The van der Waals surface area contributed by atoms with E-state index in [0.717, 1.165) is 5.56 Å². The molecular weight excluding hydrogens is 377 g/mol. The maximum Gasteiger partial charge on any atom is 0.340 e. The highest BCUT2D eigenvalue weighted by Crippen LogP contribution is 2.21. The number of carbonyl (C=O) groups is 2. The largest absolute Gasteiger partial charge is 0.460 e. The van der Waals surface area contributed by atoms with E-state index < -0.39 is 5.97 Å². The van der Waals surface area contributed by atoms with Crippen molar-refractivity contribution in [1.29, 1.82) is 0 Å². The number of hydrogen-bond acceptors (Lipinski definition) is 5. The second-order valence-electron chi connectivity index (χ2n) is 7.00. The zero-order chi connectivity index (χ0) is 21.6. The SMILES string of the molecule is COCCOC(=O)c1c(C)[nH]c(C(=O)NCC(c2cccc(F)c2)N(C)C)c1C. The van der Waals surface area contributed by atoms with E-state index in [0.29, 0.717) is 29.1 Å². The summed E-state index contributed by atoms with van der Waals surface area (Å²) in [4.78, 5) is 29.9. The van der Waals surface area contributed by atoms with E-state index in [2.05, 4.69) is 10.3 Å². The molecule has 0 radical (unpaired) electrons. The third-order valence-corrected chi connectivity index (χ3v) is 4.70. The molecule has 1 unspecified atom stereocenters. The van der Waals surface area contributed by atoms with E-state index in [4.69, 9.17) is 9.47 Å². The van der Waals surface area contributed by atoms with E-state index in [1.165, 1.54) is 19.2 Å². The number of halogens is 1. The Kier molecular flexibility index (Phi) is 7.92. The molecule has 1 aromatic carbocycles. The van der Waals surface area contributed by atoms with Gasteiger partial charge in [-0.05, 0) is 51.2 Å². The number of nitrogens with one attached hydrogen (secondary N) is 2. The second kappa shape index (κ2) is 10.2. The van der Waals surface area contributed by atoms with Gasteiger partial charge in [0, 0.05) is 19.3 Å². The van der Waals surface area contributed by atoms with Crippen molar-refractivity contribution in [3.8, 4) is 0 Å². The average Bonchev–Trinajstić information content (AvgIpc) is 2.96. The Hall–Kier alpha value is -2.71. The lowest BCUT2D eigenvalue weighted by Gasteiger charge is -2.25. The van der Waals surface area contributed by atoms with Crippen LogP contribution in [0.4, 0.5) is 4.39 Å². The van der Waals surface area contributed by atoms with Gasteiger partial charge in [0.25, 0.3) is 5.91 Å². The van der Waals surface area contributed by atoms with Crippen LogP contribution in [-0.4, -0.2) is 62.7 Å². The van der Waals surface area contributed by atoms with Crippen molar-refractivity contribution < 1.29 is 23.5 Å². The lowest BCUT2D eigenvalue weighted by Crippen LogP contribution is -2.35. The van der Waals surface area contributed by atoms with E-state index in [1.54, 1.807) is 19.9 Å². The van der Waals surface area contributed by atoms with Gasteiger partial charge in [-0.15, -0.1) is 0 Å². The van der Waals surface area contributed by atoms with Crippen molar-refractivity contribution in [2.75, 3.05) is 41.0 Å². The Balaban J connectivity index is 2.12. The van der Waals surface area contributed by atoms with Crippen molar-refractivity contribution in [3.63, 3.8) is 0 Å². The fourth-order valence-corrected chi connectivity index (χ4v) is 3.16. The van der Waals surface area contributed by atoms with Gasteiger partial charge in [-0.25, -0.2) is 9.18 Å². The Bertz CT molecular complexity index is 864. The van der Waals surface area contributed by atoms with Crippen LogP contribution in [0.1, 0.15) is 43.7 Å². The molecule has 1 atom stereocenters. The molecule has 0 saturated carbocycles. The molecule has 7 nitrogen and oxygen atoms in total. The molecule has 29 heavy (non-hydrogen) atoms. The molecule has 2 rings (SSSR count). The molecule has 0 aliphatic heterocycles. The number of likely N-dealkylation sites (N-methyl/N-ethyl adjacent to an activating group) is 1. The highest BCUT2D eigenvalue weighted by molar-refractivity contribution is 6.00. The first-order valence-electron chi connectivity index (χ1n) is 9.31. The van der Waals surface area contributed by atoms with Crippen LogP contribution in [0.3, 0.4) is 0 Å². The van der Waals surface area contributed by atoms with Gasteiger partial charge in [0.1, 0.15) is 18.1 Å². The minimum absolute atomic E-state index is 0.138. The van der Waals surface area contributed by atoms with Gasteiger partial charge in [0.15, 0.2) is 0 Å². The van der Waals surface area contributed by atoms with Gasteiger partial charge in [-0.2, -0.15) is 0 Å². The number of nitrogens with zero attached hydrogens (tertiary/aromatic N) is 1. The molecule has 1 amide bonds. The van der Waals surface area contributed by atoms with Crippen molar-refractivity contribution in [1.82, 2.24) is 15.2 Å². The Morgan fingerprint density at radius 2 is 1.97 bits per heavy atom. The lowest BCUT2D eigenvalue weighted by molar-refractivity contribution is 0.0387. The number of ether oxygens (including phenoxy) is 2. The van der Waals surface area contributed by atoms with Crippen LogP contribution in [0.15, 0.2) is 24.3 Å². The van der Waals surface area contributed by atoms with Crippen LogP contribution < -0.4 is 5.32 Å². The quantitative estimate of drug-likeness (QED) is 0.495. The Morgan fingerprint density at radius 3 is 2.59 bits per heavy atom. The number of amides is 1. The molecule has 0 spiro atoms. The third kappa shape index (κ3) is 5.65. The minimum atomic E-state index is -0.502. The number of esters is 1. The fourth-order valence-electron chi connectivity index (χ4n) is 3.16. The number of hydrogen-bond donors (Lipinski definition) is 2. The predicted molar refractivity (Wildman–Crippen MR) is 108 cm³/mol. The minimum Gasteiger partial charge on any atom is -0.460 e. The summed E-state index contributed by atoms with van der Waals surface area (Å²) in [5.41, 5.74) is 2.49. The van der Waals surface area contributed by atoms with E-state index in [-0.39, 0.29) is 30.9 Å². The molecule has 8 heteroatoms. The van der Waals surface area contributed by atoms with Crippen LogP contribution >= 0.6 is 0 Å². The number of aryl methyl sites for hydroxylation is 1. The number of aromatic nitrogens is 1. The number of aromatic amines is 1. The summed E-state index contributed by atoms with van der Waals surface area (Å²) in [7, 11) is 5.24. The molecule has 0 fully saturated rings. The topological polar surface area (TPSA) is 83.7 Å². The van der Waals surface area contributed by atoms with E-state index in [1.807, 2.05) is 25.1 Å². The maximum atomic E-state index is 13.6. The standard InChI is InChI=1S/C21H28FN3O4/c1-13-18(21(27)29-10-9-28-5)14(2)24-19(13)20(26)23-12-17(25(3)4)15-7-6-8-16(22)11-15/h6-8,11,17,24H,9-10,12H2,1-5H3,(H,23,26). The third-order valence-electron chi connectivity index (χ3n) is 4.70. The van der Waals surface area contributed by atoms with E-state index >= 15 is 0 Å². The highest BCUT2D eigenvalue weighted by atomic mass is 19.1. The summed E-state index contributed by atoms with van der Waals surface area (Å²) in [6.45, 7) is 4.13. The summed E-state index contributed by atoms with van der Waals surface area (Å²) in [6.07, 6.45) is 0. The summed E-state index contributed by atoms with van der Waals surface area (Å²) in [5.74, 6) is -1.17. The summed E-state index contributed by atoms with van der Waals surface area (Å²) in [6, 6.07) is 6.09. The zero-order valence-electron chi connectivity index (χ0n) is 17.5. The van der Waals surface area contributed by atoms with Crippen LogP contribution in [0.25, 0.3) is 0 Å². The smallest absolute Gasteiger partial charge is 0.340 e. The molecule has 0 aliphatic rings. The molecule has 1 heterocycles. The zero-order valence-corrected chi connectivity index (χ0v) is 17.5. The maximum absolute atomic E-state index is 13.6. The molecule has 1 aromatic heterocycles. The van der Waals surface area contributed by atoms with E-state index in [9.17, 15) is 14.0 Å². The van der Waals surface area contributed by atoms with Gasteiger partial charge in [0.05, 0.1) is 18.2 Å². The molecule has 158 valence electrons. The van der Waals surface area contributed by atoms with Gasteiger partial charge in [-0.3, -0.25) is 4.79 Å². The molecule has 0 aliphatic carbocycles. The van der Waals surface area contributed by atoms with Crippen molar-refractivity contribution >= 4 is 11.9 Å². The van der Waals surface area contributed by atoms with Crippen LogP contribution in [-0.2, 0) is 9.47 Å². The molecule has 2 N–H and O–H groups in total. The van der Waals surface area contributed by atoms with Gasteiger partial charge >= 0.3 is 5.97 Å². The summed E-state index contributed by atoms with van der Waals surface area (Å²) >= 11 is 0. The number of rotatable bonds is 9. The first-order chi connectivity index (χ1) is 13.8. The average molecular weight is 405 g/mol. The molecule has 2 aromatic rings. The van der Waals surface area contributed by atoms with Crippen molar-refractivity contribution in [2.45, 2.75) is 19.9 Å². The van der Waals surface area contributed by atoms with Crippen LogP contribution in [0.2, 0.25) is 0 Å². The summed E-state index contributed by atoms with van der Waals surface area (Å²) in [5, 5.41) is 2.86. The normalized spacial score (nSPS) is 12.1. The second-order valence-corrected chi connectivity index (χ2v) is 7.00. The number of H-pyrrole nitrogens is 1. The van der Waals surface area contributed by atoms with Crippen molar-refractivity contribution in [2.24, 2.45) is 0 Å². The number of benzene rings is 1. The molecule has 0 saturated heterocycles. The molecular formula is C21H28FN3O4. The molecule has 0 bridgehead atoms. The lowest BCUT2D eigenvalue weighted by atomic mass is 10.1. The van der Waals surface area contributed by atoms with Crippen molar-refractivity contribution in [3.05, 3.63) is 58.2 Å². The first kappa shape index (κ1) is 22.6.